The lowest BCUT2D eigenvalue weighted by atomic mass is 9.89. The van der Waals surface area contributed by atoms with Gasteiger partial charge in [0.2, 0.25) is 0 Å². The molecule has 1 aromatic carbocycles. The van der Waals surface area contributed by atoms with Crippen LogP contribution in [0.5, 0.6) is 0 Å². The molecule has 1 heterocycles. The van der Waals surface area contributed by atoms with Crippen molar-refractivity contribution in [1.29, 1.82) is 0 Å². The molecule has 0 unspecified atom stereocenters. The van der Waals surface area contributed by atoms with Gasteiger partial charge in [0.05, 0.1) is 13.2 Å². The fourth-order valence-electron chi connectivity index (χ4n) is 2.08. The Bertz CT molecular complexity index is 364. The Kier molecular flexibility index (Phi) is 2.83. The third-order valence-electron chi connectivity index (χ3n) is 3.02. The van der Waals surface area contributed by atoms with Crippen LogP contribution in [0.15, 0.2) is 6.07 Å². The number of benzene rings is 1. The minimum Gasteiger partial charge on any atom is -0.372 e. The van der Waals surface area contributed by atoms with E-state index in [-0.39, 0.29) is 0 Å². The number of hydrogen-bond donors (Lipinski definition) is 0. The summed E-state index contributed by atoms with van der Waals surface area (Å²) in [5.74, 6) is 1.09. The van der Waals surface area contributed by atoms with Crippen molar-refractivity contribution in [2.24, 2.45) is 0 Å². The van der Waals surface area contributed by atoms with Crippen LogP contribution >= 0.6 is 0 Å². The highest BCUT2D eigenvalue weighted by Crippen LogP contribution is 2.31. The molecule has 81 valence electrons. The van der Waals surface area contributed by atoms with Crippen LogP contribution in [-0.4, -0.2) is 0 Å². The Morgan fingerprint density at radius 2 is 1.87 bits per heavy atom. The van der Waals surface area contributed by atoms with Crippen LogP contribution < -0.4 is 0 Å². The maximum absolute atomic E-state index is 5.52. The summed E-state index contributed by atoms with van der Waals surface area (Å²) in [6.45, 7) is 10.5. The van der Waals surface area contributed by atoms with Crippen molar-refractivity contribution in [3.63, 3.8) is 0 Å². The Morgan fingerprint density at radius 1 is 1.13 bits per heavy atom. The predicted octanol–water partition coefficient (Wildman–Crippen LogP) is 3.76. The third-order valence-corrected chi connectivity index (χ3v) is 3.02. The van der Waals surface area contributed by atoms with Crippen molar-refractivity contribution in [2.75, 3.05) is 0 Å². The highest BCUT2D eigenvalue weighted by molar-refractivity contribution is 5.41. The van der Waals surface area contributed by atoms with Gasteiger partial charge < -0.3 is 4.74 Å². The summed E-state index contributed by atoms with van der Waals surface area (Å²) in [5.41, 5.74) is 5.44. The van der Waals surface area contributed by atoms with E-state index >= 15 is 0 Å². The molecule has 0 amide bonds. The van der Waals surface area contributed by atoms with E-state index in [0.717, 1.165) is 13.2 Å². The molecule has 0 atom stereocenters. The van der Waals surface area contributed by atoms with Gasteiger partial charge in [-0.1, -0.05) is 33.8 Å². The lowest BCUT2D eigenvalue weighted by Crippen LogP contribution is -2.00. The lowest BCUT2D eigenvalue weighted by Gasteiger charge is -2.14. The molecule has 0 saturated heterocycles. The molecule has 0 spiro atoms. The standard InChI is InChI=1S/C14H19O/c1-9(2)11-5-12-7-15-8-14(12)13(6-11)10(3)4/h5,9-10H,7-8H2,1-4H3. The summed E-state index contributed by atoms with van der Waals surface area (Å²) in [6, 6.07) is 5.83. The van der Waals surface area contributed by atoms with Gasteiger partial charge in [-0.2, -0.15) is 0 Å². The molecule has 1 aromatic rings. The molecule has 15 heavy (non-hydrogen) atoms. The van der Waals surface area contributed by atoms with Crippen LogP contribution in [0.2, 0.25) is 0 Å². The van der Waals surface area contributed by atoms with E-state index in [1.165, 1.54) is 22.3 Å². The summed E-state index contributed by atoms with van der Waals surface area (Å²) in [4.78, 5) is 0. The van der Waals surface area contributed by atoms with Crippen LogP contribution in [0, 0.1) is 6.07 Å². The third kappa shape index (κ3) is 1.93. The zero-order chi connectivity index (χ0) is 11.0. The van der Waals surface area contributed by atoms with Crippen molar-refractivity contribution in [1.82, 2.24) is 0 Å². The summed E-state index contributed by atoms with van der Waals surface area (Å²) >= 11 is 0. The smallest absolute Gasteiger partial charge is 0.0727 e. The zero-order valence-electron chi connectivity index (χ0n) is 10.1. The van der Waals surface area contributed by atoms with Crippen molar-refractivity contribution in [3.05, 3.63) is 34.4 Å². The van der Waals surface area contributed by atoms with E-state index in [9.17, 15) is 0 Å². The van der Waals surface area contributed by atoms with E-state index in [0.29, 0.717) is 11.8 Å². The topological polar surface area (TPSA) is 9.23 Å². The molecule has 0 fully saturated rings. The van der Waals surface area contributed by atoms with Gasteiger partial charge in [0.25, 0.3) is 0 Å². The first-order valence-electron chi connectivity index (χ1n) is 5.75. The molecule has 0 saturated carbocycles. The van der Waals surface area contributed by atoms with Gasteiger partial charge >= 0.3 is 0 Å². The van der Waals surface area contributed by atoms with Crippen LogP contribution in [0.4, 0.5) is 0 Å². The minimum absolute atomic E-state index is 0.541. The number of rotatable bonds is 2. The molecule has 0 aromatic heterocycles. The van der Waals surface area contributed by atoms with Crippen molar-refractivity contribution in [2.45, 2.75) is 52.7 Å². The molecule has 1 nitrogen and oxygen atoms in total. The number of fused-ring (bicyclic) bond motifs is 1. The minimum atomic E-state index is 0.541. The Labute approximate surface area is 92.5 Å². The molecule has 2 rings (SSSR count). The van der Waals surface area contributed by atoms with Crippen molar-refractivity contribution in [3.8, 4) is 0 Å². The van der Waals surface area contributed by atoms with Gasteiger partial charge in [-0.05, 0) is 40.2 Å². The molecule has 0 aliphatic carbocycles. The Balaban J connectivity index is 2.52. The van der Waals surface area contributed by atoms with Crippen molar-refractivity contribution >= 4 is 0 Å². The highest BCUT2D eigenvalue weighted by Gasteiger charge is 2.19. The van der Waals surface area contributed by atoms with E-state index in [4.69, 9.17) is 4.74 Å². The normalized spacial score (nSPS) is 15.1. The fourth-order valence-corrected chi connectivity index (χ4v) is 2.08. The average molecular weight is 203 g/mol. The zero-order valence-corrected chi connectivity index (χ0v) is 10.1. The van der Waals surface area contributed by atoms with Gasteiger partial charge in [-0.3, -0.25) is 0 Å². The van der Waals surface area contributed by atoms with Gasteiger partial charge in [-0.25, -0.2) is 0 Å². The Hall–Kier alpha value is -0.820. The molecular weight excluding hydrogens is 184 g/mol. The number of ether oxygens (including phenoxy) is 1. The maximum Gasteiger partial charge on any atom is 0.0727 e. The first kappa shape index (κ1) is 10.7. The number of hydrogen-bond acceptors (Lipinski definition) is 1. The largest absolute Gasteiger partial charge is 0.372 e. The predicted molar refractivity (Wildman–Crippen MR) is 61.9 cm³/mol. The van der Waals surface area contributed by atoms with Crippen LogP contribution in [0.3, 0.4) is 0 Å². The first-order valence-corrected chi connectivity index (χ1v) is 5.75. The summed E-state index contributed by atoms with van der Waals surface area (Å²) < 4.78 is 5.52. The van der Waals surface area contributed by atoms with Gasteiger partial charge in [0, 0.05) is 0 Å². The van der Waals surface area contributed by atoms with E-state index < -0.39 is 0 Å². The van der Waals surface area contributed by atoms with E-state index in [1.54, 1.807) is 0 Å². The first-order chi connectivity index (χ1) is 7.09. The van der Waals surface area contributed by atoms with Crippen molar-refractivity contribution < 1.29 is 4.74 Å². The van der Waals surface area contributed by atoms with Crippen LogP contribution in [0.25, 0.3) is 0 Å². The van der Waals surface area contributed by atoms with Crippen LogP contribution in [0.1, 0.15) is 61.8 Å². The van der Waals surface area contributed by atoms with Crippen LogP contribution in [-0.2, 0) is 18.0 Å². The van der Waals surface area contributed by atoms with Gasteiger partial charge in [0.15, 0.2) is 0 Å². The summed E-state index contributed by atoms with van der Waals surface area (Å²) in [6.07, 6.45) is 0. The lowest BCUT2D eigenvalue weighted by molar-refractivity contribution is 0.134. The quantitative estimate of drug-likeness (QED) is 0.711. The monoisotopic (exact) mass is 203 g/mol. The highest BCUT2D eigenvalue weighted by atomic mass is 16.5. The summed E-state index contributed by atoms with van der Waals surface area (Å²) in [5, 5.41) is 0. The van der Waals surface area contributed by atoms with E-state index in [2.05, 4.69) is 39.8 Å². The Morgan fingerprint density at radius 3 is 2.47 bits per heavy atom. The average Bonchev–Trinajstić information content (AvgIpc) is 2.62. The SMILES string of the molecule is CC(C)c1[c]c(C(C)C)c2c(c1)COC2. The molecular formula is C14H19O. The summed E-state index contributed by atoms with van der Waals surface area (Å²) in [7, 11) is 0. The second kappa shape index (κ2) is 3.97. The molecule has 1 aliphatic rings. The van der Waals surface area contributed by atoms with Gasteiger partial charge in [0.1, 0.15) is 0 Å². The molecule has 1 heteroatoms. The molecule has 1 radical (unpaired) electrons. The van der Waals surface area contributed by atoms with Gasteiger partial charge in [-0.15, -0.1) is 0 Å². The molecule has 0 N–H and O–H groups in total. The fraction of sp³-hybridized carbons (Fsp3) is 0.571. The molecule has 1 aliphatic heterocycles. The second-order valence-electron chi connectivity index (χ2n) is 4.94. The molecule has 0 bridgehead atoms. The maximum atomic E-state index is 5.52. The van der Waals surface area contributed by atoms with E-state index in [1.807, 2.05) is 0 Å². The second-order valence-corrected chi connectivity index (χ2v) is 4.94.